The van der Waals surface area contributed by atoms with Gasteiger partial charge < -0.3 is 24.8 Å². The number of rotatable bonds is 5. The molecule has 8 nitrogen and oxygen atoms in total. The molecule has 1 aliphatic heterocycles. The lowest BCUT2D eigenvalue weighted by Gasteiger charge is -2.30. The number of nitrogens with one attached hydrogen (secondary N) is 1. The third-order valence-corrected chi connectivity index (χ3v) is 4.75. The van der Waals surface area contributed by atoms with Crippen molar-refractivity contribution in [2.45, 2.75) is 45.8 Å². The molecule has 2 aromatic rings. The Kier molecular flexibility index (Phi) is 6.45. The number of nitrogens with zero attached hydrogens (tertiary/aromatic N) is 2. The highest BCUT2D eigenvalue weighted by Gasteiger charge is 2.27. The summed E-state index contributed by atoms with van der Waals surface area (Å²) in [5.74, 6) is -0.398. The van der Waals surface area contributed by atoms with Crippen molar-refractivity contribution in [3.05, 3.63) is 35.4 Å². The van der Waals surface area contributed by atoms with Crippen LogP contribution in [0.25, 0.3) is 10.9 Å². The number of fused-ring (bicyclic) bond motifs is 1. The van der Waals surface area contributed by atoms with Gasteiger partial charge in [-0.1, -0.05) is 11.6 Å². The van der Waals surface area contributed by atoms with Crippen LogP contribution in [-0.2, 0) is 20.7 Å². The molecule has 162 valence electrons. The average molecular weight is 415 g/mol. The molecule has 2 N–H and O–H groups in total. The lowest BCUT2D eigenvalue weighted by atomic mass is 10.0. The zero-order valence-electron chi connectivity index (χ0n) is 17.9. The van der Waals surface area contributed by atoms with E-state index >= 15 is 0 Å². The van der Waals surface area contributed by atoms with Gasteiger partial charge in [0.15, 0.2) is 0 Å². The minimum absolute atomic E-state index is 0.0954. The summed E-state index contributed by atoms with van der Waals surface area (Å²) in [4.78, 5) is 31.0. The molecule has 1 unspecified atom stereocenters. The van der Waals surface area contributed by atoms with Gasteiger partial charge in [-0.3, -0.25) is 0 Å². The van der Waals surface area contributed by atoms with Crippen molar-refractivity contribution < 1.29 is 24.2 Å². The fourth-order valence-electron chi connectivity index (χ4n) is 3.40. The molecule has 0 radical (unpaired) electrons. The first-order chi connectivity index (χ1) is 14.1. The van der Waals surface area contributed by atoms with Gasteiger partial charge in [0.2, 0.25) is 0 Å². The van der Waals surface area contributed by atoms with Crippen molar-refractivity contribution in [3.63, 3.8) is 0 Å². The highest BCUT2D eigenvalue weighted by Crippen LogP contribution is 2.26. The summed E-state index contributed by atoms with van der Waals surface area (Å²) in [5, 5.41) is 13.1. The number of hydrogen-bond donors (Lipinski definition) is 2. The fourth-order valence-corrected chi connectivity index (χ4v) is 3.40. The van der Waals surface area contributed by atoms with E-state index in [-0.39, 0.29) is 6.42 Å². The Morgan fingerprint density at radius 3 is 2.60 bits per heavy atom. The van der Waals surface area contributed by atoms with E-state index in [9.17, 15) is 14.7 Å². The maximum absolute atomic E-state index is 12.2. The number of hydrogen-bond acceptors (Lipinski definition) is 6. The standard InChI is InChI=1S/C22H29N3O5/c1-14-5-6-17-15(11-14)12-16(19(23-17)25-7-9-29-10-8-25)13-18(20(26)27)24-21(28)30-22(2,3)4/h5-6,11-12,18H,7-10,13H2,1-4H3,(H,24,28)(H,26,27). The number of anilines is 1. The second kappa shape index (κ2) is 8.87. The number of pyridine rings is 1. The van der Waals surface area contributed by atoms with Crippen LogP contribution in [0.5, 0.6) is 0 Å². The number of carbonyl (C=O) groups excluding carboxylic acids is 1. The Labute approximate surface area is 176 Å². The largest absolute Gasteiger partial charge is 0.480 e. The first kappa shape index (κ1) is 21.8. The van der Waals surface area contributed by atoms with E-state index in [1.165, 1.54) is 0 Å². The van der Waals surface area contributed by atoms with Gasteiger partial charge in [-0.25, -0.2) is 14.6 Å². The summed E-state index contributed by atoms with van der Waals surface area (Å²) in [6.45, 7) is 9.72. The van der Waals surface area contributed by atoms with Crippen molar-refractivity contribution in [1.29, 1.82) is 0 Å². The van der Waals surface area contributed by atoms with E-state index in [2.05, 4.69) is 10.2 Å². The fraction of sp³-hybridized carbons (Fsp3) is 0.500. The van der Waals surface area contributed by atoms with Crippen LogP contribution in [0.2, 0.25) is 0 Å². The molecule has 0 aliphatic carbocycles. The Morgan fingerprint density at radius 1 is 1.27 bits per heavy atom. The number of carbonyl (C=O) groups is 2. The van der Waals surface area contributed by atoms with Gasteiger partial charge in [0.25, 0.3) is 0 Å². The molecule has 1 aromatic carbocycles. The number of aromatic nitrogens is 1. The molecule has 1 atom stereocenters. The summed E-state index contributed by atoms with van der Waals surface area (Å²) in [6.07, 6.45) is -0.662. The Bertz CT molecular complexity index is 932. The van der Waals surface area contributed by atoms with Gasteiger partial charge in [0, 0.05) is 24.9 Å². The van der Waals surface area contributed by atoms with Crippen LogP contribution in [-0.4, -0.2) is 60.1 Å². The van der Waals surface area contributed by atoms with Crippen LogP contribution in [0.4, 0.5) is 10.6 Å². The summed E-state index contributed by atoms with van der Waals surface area (Å²) in [7, 11) is 0. The number of ether oxygens (including phenoxy) is 2. The topological polar surface area (TPSA) is 101 Å². The SMILES string of the molecule is Cc1ccc2nc(N3CCOCC3)c(CC(NC(=O)OC(C)(C)C)C(=O)O)cc2c1. The summed E-state index contributed by atoms with van der Waals surface area (Å²) >= 11 is 0. The second-order valence-electron chi connectivity index (χ2n) is 8.51. The highest BCUT2D eigenvalue weighted by molar-refractivity contribution is 5.84. The molecule has 8 heteroatoms. The van der Waals surface area contributed by atoms with Crippen LogP contribution in [0.15, 0.2) is 24.3 Å². The van der Waals surface area contributed by atoms with Crippen LogP contribution >= 0.6 is 0 Å². The van der Waals surface area contributed by atoms with E-state index in [4.69, 9.17) is 14.5 Å². The van der Waals surface area contributed by atoms with Crippen molar-refractivity contribution >= 4 is 28.8 Å². The normalized spacial score (nSPS) is 15.7. The minimum atomic E-state index is -1.14. The van der Waals surface area contributed by atoms with Crippen LogP contribution < -0.4 is 10.2 Å². The molecule has 0 spiro atoms. The molecule has 1 amide bonds. The van der Waals surface area contributed by atoms with Crippen molar-refractivity contribution in [2.24, 2.45) is 0 Å². The molecular formula is C22H29N3O5. The maximum Gasteiger partial charge on any atom is 0.408 e. The molecule has 1 fully saturated rings. The predicted molar refractivity (Wildman–Crippen MR) is 114 cm³/mol. The number of carboxylic acids is 1. The Balaban J connectivity index is 1.94. The molecule has 1 aliphatic rings. The molecular weight excluding hydrogens is 386 g/mol. The summed E-state index contributed by atoms with van der Waals surface area (Å²) < 4.78 is 10.7. The van der Waals surface area contributed by atoms with Crippen LogP contribution in [0.3, 0.4) is 0 Å². The molecule has 1 saturated heterocycles. The van der Waals surface area contributed by atoms with E-state index in [0.29, 0.717) is 26.3 Å². The monoisotopic (exact) mass is 415 g/mol. The molecule has 0 bridgehead atoms. The van der Waals surface area contributed by atoms with E-state index in [1.54, 1.807) is 20.8 Å². The lowest BCUT2D eigenvalue weighted by molar-refractivity contribution is -0.139. The Hall–Kier alpha value is -2.87. The van der Waals surface area contributed by atoms with Gasteiger partial charge in [-0.2, -0.15) is 0 Å². The third kappa shape index (κ3) is 5.60. The van der Waals surface area contributed by atoms with E-state index in [1.807, 2.05) is 31.2 Å². The molecule has 1 aromatic heterocycles. The average Bonchev–Trinajstić information content (AvgIpc) is 2.66. The first-order valence-corrected chi connectivity index (χ1v) is 10.1. The van der Waals surface area contributed by atoms with Crippen LogP contribution in [0.1, 0.15) is 31.9 Å². The molecule has 0 saturated carbocycles. The van der Waals surface area contributed by atoms with Gasteiger partial charge in [-0.15, -0.1) is 0 Å². The number of alkyl carbamates (subject to hydrolysis) is 1. The van der Waals surface area contributed by atoms with Crippen molar-refractivity contribution in [2.75, 3.05) is 31.2 Å². The van der Waals surface area contributed by atoms with Gasteiger partial charge in [-0.05, 0) is 51.5 Å². The number of amides is 1. The highest BCUT2D eigenvalue weighted by atomic mass is 16.6. The van der Waals surface area contributed by atoms with Crippen molar-refractivity contribution in [1.82, 2.24) is 10.3 Å². The van der Waals surface area contributed by atoms with E-state index < -0.39 is 23.7 Å². The lowest BCUT2D eigenvalue weighted by Crippen LogP contribution is -2.45. The van der Waals surface area contributed by atoms with E-state index in [0.717, 1.165) is 27.8 Å². The molecule has 3 rings (SSSR count). The van der Waals surface area contributed by atoms with Gasteiger partial charge in [0.05, 0.1) is 18.7 Å². The third-order valence-electron chi connectivity index (χ3n) is 4.75. The molecule has 2 heterocycles. The zero-order chi connectivity index (χ0) is 21.9. The van der Waals surface area contributed by atoms with Crippen molar-refractivity contribution in [3.8, 4) is 0 Å². The number of benzene rings is 1. The number of aliphatic carboxylic acids is 1. The van der Waals surface area contributed by atoms with Gasteiger partial charge in [0.1, 0.15) is 17.5 Å². The molecule has 30 heavy (non-hydrogen) atoms. The summed E-state index contributed by atoms with van der Waals surface area (Å²) in [5.41, 5.74) is 1.99. The first-order valence-electron chi connectivity index (χ1n) is 10.1. The smallest absolute Gasteiger partial charge is 0.408 e. The zero-order valence-corrected chi connectivity index (χ0v) is 17.9. The quantitative estimate of drug-likeness (QED) is 0.774. The Morgan fingerprint density at radius 2 is 1.97 bits per heavy atom. The number of aryl methyl sites for hydroxylation is 1. The number of morpholine rings is 1. The van der Waals surface area contributed by atoms with Crippen LogP contribution in [0, 0.1) is 6.92 Å². The second-order valence-corrected chi connectivity index (χ2v) is 8.51. The summed E-state index contributed by atoms with van der Waals surface area (Å²) in [6, 6.07) is 6.82. The number of carboxylic acid groups (broad SMARTS) is 1. The minimum Gasteiger partial charge on any atom is -0.480 e. The predicted octanol–water partition coefficient (Wildman–Crippen LogP) is 2.90. The van der Waals surface area contributed by atoms with Gasteiger partial charge >= 0.3 is 12.1 Å². The maximum atomic E-state index is 12.2.